The monoisotopic (exact) mass is 463 g/mol. The lowest BCUT2D eigenvalue weighted by molar-refractivity contribution is -0.115. The second-order valence-electron chi connectivity index (χ2n) is 6.02. The second kappa shape index (κ2) is 9.12. The first-order valence-electron chi connectivity index (χ1n) is 8.46. The van der Waals surface area contributed by atoms with Crippen molar-refractivity contribution in [2.24, 2.45) is 0 Å². The molecule has 0 aliphatic rings. The molecule has 146 valence electrons. The number of nitrogens with zero attached hydrogens (tertiary/aromatic N) is 2. The van der Waals surface area contributed by atoms with Gasteiger partial charge in [-0.05, 0) is 35.4 Å². The number of benzene rings is 2. The van der Waals surface area contributed by atoms with Gasteiger partial charge in [-0.15, -0.1) is 0 Å². The summed E-state index contributed by atoms with van der Waals surface area (Å²) in [6.45, 7) is 0.528. The zero-order valence-corrected chi connectivity index (χ0v) is 17.8. The standard InChI is InChI=1S/C20H19BrClN3O3/c1-27-17-9-14(16(21)11-18(17)28-2)10-20(26)24-19-7-8-23-25(19)12-13-3-5-15(22)6-4-13/h3-9,11H,10,12H2,1-2H3,(H,24,26). The van der Waals surface area contributed by atoms with E-state index in [0.717, 1.165) is 15.6 Å². The van der Waals surface area contributed by atoms with Crippen molar-refractivity contribution in [1.29, 1.82) is 0 Å². The maximum atomic E-state index is 12.6. The summed E-state index contributed by atoms with van der Waals surface area (Å²) in [6.07, 6.45) is 1.82. The Morgan fingerprint density at radius 2 is 1.82 bits per heavy atom. The molecule has 1 N–H and O–H groups in total. The van der Waals surface area contributed by atoms with E-state index in [-0.39, 0.29) is 12.3 Å². The summed E-state index contributed by atoms with van der Waals surface area (Å²) >= 11 is 9.40. The van der Waals surface area contributed by atoms with Crippen LogP contribution in [0.5, 0.6) is 11.5 Å². The SMILES string of the molecule is COc1cc(Br)c(CC(=O)Nc2ccnn2Cc2ccc(Cl)cc2)cc1OC. The van der Waals surface area contributed by atoms with Crippen LogP contribution in [0, 0.1) is 0 Å². The van der Waals surface area contributed by atoms with Gasteiger partial charge >= 0.3 is 0 Å². The molecule has 28 heavy (non-hydrogen) atoms. The summed E-state index contributed by atoms with van der Waals surface area (Å²) in [7, 11) is 3.13. The Morgan fingerprint density at radius 1 is 1.14 bits per heavy atom. The minimum absolute atomic E-state index is 0.161. The van der Waals surface area contributed by atoms with E-state index in [1.807, 2.05) is 24.3 Å². The zero-order valence-electron chi connectivity index (χ0n) is 15.4. The van der Waals surface area contributed by atoms with Crippen molar-refractivity contribution >= 4 is 39.3 Å². The number of hydrogen-bond donors (Lipinski definition) is 1. The fourth-order valence-corrected chi connectivity index (χ4v) is 3.31. The molecule has 0 unspecified atom stereocenters. The van der Waals surface area contributed by atoms with Gasteiger partial charge in [-0.2, -0.15) is 5.10 Å². The number of anilines is 1. The fraction of sp³-hybridized carbons (Fsp3) is 0.200. The molecule has 0 saturated heterocycles. The maximum Gasteiger partial charge on any atom is 0.229 e. The Kier molecular flexibility index (Phi) is 6.59. The van der Waals surface area contributed by atoms with Crippen molar-refractivity contribution in [3.63, 3.8) is 0 Å². The number of halogens is 2. The Morgan fingerprint density at radius 3 is 2.50 bits per heavy atom. The number of ether oxygens (including phenoxy) is 2. The highest BCUT2D eigenvalue weighted by Gasteiger charge is 2.14. The van der Waals surface area contributed by atoms with Crippen molar-refractivity contribution in [3.05, 3.63) is 69.3 Å². The van der Waals surface area contributed by atoms with E-state index >= 15 is 0 Å². The van der Waals surface area contributed by atoms with Crippen LogP contribution in [0.4, 0.5) is 5.82 Å². The third-order valence-electron chi connectivity index (χ3n) is 4.13. The van der Waals surface area contributed by atoms with Crippen LogP contribution in [0.1, 0.15) is 11.1 Å². The highest BCUT2D eigenvalue weighted by atomic mass is 79.9. The van der Waals surface area contributed by atoms with E-state index in [1.54, 1.807) is 43.3 Å². The molecule has 3 rings (SSSR count). The van der Waals surface area contributed by atoms with Gasteiger partial charge in [0.25, 0.3) is 0 Å². The molecule has 0 fully saturated rings. The van der Waals surface area contributed by atoms with Crippen LogP contribution < -0.4 is 14.8 Å². The smallest absolute Gasteiger partial charge is 0.229 e. The minimum atomic E-state index is -0.161. The Hall–Kier alpha value is -2.51. The lowest BCUT2D eigenvalue weighted by atomic mass is 10.1. The normalized spacial score (nSPS) is 10.6. The van der Waals surface area contributed by atoms with E-state index in [0.29, 0.717) is 28.9 Å². The highest BCUT2D eigenvalue weighted by molar-refractivity contribution is 9.10. The zero-order chi connectivity index (χ0) is 20.1. The first kappa shape index (κ1) is 20.2. The second-order valence-corrected chi connectivity index (χ2v) is 7.31. The van der Waals surface area contributed by atoms with E-state index in [2.05, 4.69) is 26.3 Å². The molecular formula is C20H19BrClN3O3. The van der Waals surface area contributed by atoms with Crippen molar-refractivity contribution in [2.45, 2.75) is 13.0 Å². The Bertz CT molecular complexity index is 973. The molecule has 0 aliphatic heterocycles. The third kappa shape index (κ3) is 4.85. The molecule has 3 aromatic rings. The Balaban J connectivity index is 1.71. The van der Waals surface area contributed by atoms with Crippen LogP contribution in [-0.4, -0.2) is 29.9 Å². The van der Waals surface area contributed by atoms with Crippen LogP contribution in [0.25, 0.3) is 0 Å². The summed E-state index contributed by atoms with van der Waals surface area (Å²) < 4.78 is 13.1. The van der Waals surface area contributed by atoms with Crippen LogP contribution in [0.15, 0.2) is 53.1 Å². The van der Waals surface area contributed by atoms with Gasteiger partial charge in [0, 0.05) is 15.6 Å². The van der Waals surface area contributed by atoms with E-state index < -0.39 is 0 Å². The van der Waals surface area contributed by atoms with Gasteiger partial charge < -0.3 is 14.8 Å². The molecule has 0 spiro atoms. The molecule has 2 aromatic carbocycles. The number of hydrogen-bond acceptors (Lipinski definition) is 4. The van der Waals surface area contributed by atoms with Crippen molar-refractivity contribution in [2.75, 3.05) is 19.5 Å². The first-order chi connectivity index (χ1) is 13.5. The number of rotatable bonds is 7. The van der Waals surface area contributed by atoms with Gasteiger partial charge in [0.1, 0.15) is 5.82 Å². The van der Waals surface area contributed by atoms with Gasteiger partial charge in [-0.25, -0.2) is 4.68 Å². The summed E-state index contributed by atoms with van der Waals surface area (Å²) in [5, 5.41) is 7.87. The number of aromatic nitrogens is 2. The summed E-state index contributed by atoms with van der Waals surface area (Å²) in [5.74, 6) is 1.63. The number of amides is 1. The molecule has 0 atom stereocenters. The van der Waals surface area contributed by atoms with E-state index in [9.17, 15) is 4.79 Å². The third-order valence-corrected chi connectivity index (χ3v) is 5.12. The average Bonchev–Trinajstić information content (AvgIpc) is 3.11. The van der Waals surface area contributed by atoms with Crippen molar-refractivity contribution in [1.82, 2.24) is 9.78 Å². The van der Waals surface area contributed by atoms with Gasteiger partial charge in [0.05, 0.1) is 33.4 Å². The molecule has 0 aliphatic carbocycles. The quantitative estimate of drug-likeness (QED) is 0.557. The van der Waals surface area contributed by atoms with Crippen LogP contribution >= 0.6 is 27.5 Å². The van der Waals surface area contributed by atoms with Crippen LogP contribution in [0.3, 0.4) is 0 Å². The molecule has 6 nitrogen and oxygen atoms in total. The predicted octanol–water partition coefficient (Wildman–Crippen LogP) is 4.55. The van der Waals surface area contributed by atoms with Gasteiger partial charge in [-0.3, -0.25) is 4.79 Å². The molecule has 0 radical (unpaired) electrons. The highest BCUT2D eigenvalue weighted by Crippen LogP contribution is 2.33. The lowest BCUT2D eigenvalue weighted by Gasteiger charge is -2.13. The lowest BCUT2D eigenvalue weighted by Crippen LogP contribution is -2.18. The number of methoxy groups -OCH3 is 2. The van der Waals surface area contributed by atoms with Gasteiger partial charge in [0.15, 0.2) is 11.5 Å². The number of carbonyl (C=O) groups is 1. The van der Waals surface area contributed by atoms with Crippen LogP contribution in [-0.2, 0) is 17.8 Å². The van der Waals surface area contributed by atoms with E-state index in [1.165, 1.54) is 0 Å². The molecule has 0 saturated carbocycles. The van der Waals surface area contributed by atoms with Crippen LogP contribution in [0.2, 0.25) is 5.02 Å². The van der Waals surface area contributed by atoms with Crippen molar-refractivity contribution < 1.29 is 14.3 Å². The fourth-order valence-electron chi connectivity index (χ4n) is 2.72. The molecule has 0 bridgehead atoms. The molecule has 1 aromatic heterocycles. The van der Waals surface area contributed by atoms with E-state index in [4.69, 9.17) is 21.1 Å². The Labute approximate surface area is 176 Å². The maximum absolute atomic E-state index is 12.6. The topological polar surface area (TPSA) is 65.4 Å². The van der Waals surface area contributed by atoms with Gasteiger partial charge in [0.2, 0.25) is 5.91 Å². The largest absolute Gasteiger partial charge is 0.493 e. The summed E-state index contributed by atoms with van der Waals surface area (Å²) in [6, 6.07) is 12.8. The average molecular weight is 465 g/mol. The minimum Gasteiger partial charge on any atom is -0.493 e. The predicted molar refractivity (Wildman–Crippen MR) is 112 cm³/mol. The summed E-state index contributed by atoms with van der Waals surface area (Å²) in [4.78, 5) is 12.6. The van der Waals surface area contributed by atoms with Gasteiger partial charge in [-0.1, -0.05) is 39.7 Å². The molecular weight excluding hydrogens is 446 g/mol. The number of carbonyl (C=O) groups excluding carboxylic acids is 1. The molecule has 1 heterocycles. The first-order valence-corrected chi connectivity index (χ1v) is 9.63. The van der Waals surface area contributed by atoms with Crippen molar-refractivity contribution in [3.8, 4) is 11.5 Å². The molecule has 1 amide bonds. The molecule has 8 heteroatoms. The number of nitrogens with one attached hydrogen (secondary N) is 1. The summed E-state index contributed by atoms with van der Waals surface area (Å²) in [5.41, 5.74) is 1.82.